The molecule has 0 unspecified atom stereocenters. The predicted molar refractivity (Wildman–Crippen MR) is 67.1 cm³/mol. The molecule has 2 aromatic rings. The van der Waals surface area contributed by atoms with Crippen LogP contribution in [-0.2, 0) is 0 Å². The monoisotopic (exact) mass is 227 g/mol. The summed E-state index contributed by atoms with van der Waals surface area (Å²) in [4.78, 5) is 12.1. The summed E-state index contributed by atoms with van der Waals surface area (Å²) in [5.41, 5.74) is 7.93. The summed E-state index contributed by atoms with van der Waals surface area (Å²) in [6.45, 7) is 1.87. The van der Waals surface area contributed by atoms with Crippen LogP contribution in [0.25, 0.3) is 0 Å². The molecule has 0 atom stereocenters. The topological polar surface area (TPSA) is 63.3 Å². The van der Waals surface area contributed by atoms with Crippen LogP contribution in [0.5, 0.6) is 5.75 Å². The first kappa shape index (κ1) is 11.2. The Labute approximate surface area is 99.5 Å². The molecule has 0 heterocycles. The number of nitrogen functional groups attached to an aromatic ring is 1. The van der Waals surface area contributed by atoms with Gasteiger partial charge in [-0.2, -0.15) is 0 Å². The van der Waals surface area contributed by atoms with Gasteiger partial charge in [-0.05, 0) is 43.3 Å². The maximum absolute atomic E-state index is 12.1. The number of benzene rings is 2. The van der Waals surface area contributed by atoms with Crippen LogP contribution >= 0.6 is 0 Å². The molecule has 0 radical (unpaired) electrons. The van der Waals surface area contributed by atoms with E-state index >= 15 is 0 Å². The minimum atomic E-state index is -0.203. The summed E-state index contributed by atoms with van der Waals surface area (Å²) in [6, 6.07) is 11.6. The number of phenols is 1. The number of hydrogen-bond donors (Lipinski definition) is 2. The van der Waals surface area contributed by atoms with Crippen LogP contribution in [0.15, 0.2) is 42.5 Å². The number of carbonyl (C=O) groups is 1. The lowest BCUT2D eigenvalue weighted by Gasteiger charge is -2.05. The van der Waals surface area contributed by atoms with Gasteiger partial charge in [-0.25, -0.2) is 0 Å². The predicted octanol–water partition coefficient (Wildman–Crippen LogP) is 2.51. The highest BCUT2D eigenvalue weighted by molar-refractivity contribution is 6.10. The molecule has 0 fully saturated rings. The van der Waals surface area contributed by atoms with Crippen LogP contribution in [-0.4, -0.2) is 10.9 Å². The lowest BCUT2D eigenvalue weighted by atomic mass is 10.0. The van der Waals surface area contributed by atoms with E-state index in [0.717, 1.165) is 5.56 Å². The number of ketones is 1. The Balaban J connectivity index is 2.43. The minimum absolute atomic E-state index is 0.00238. The van der Waals surface area contributed by atoms with Gasteiger partial charge in [0.05, 0.1) is 5.56 Å². The highest BCUT2D eigenvalue weighted by Gasteiger charge is 2.13. The first-order valence-electron chi connectivity index (χ1n) is 5.28. The molecule has 0 saturated heterocycles. The fourth-order valence-electron chi connectivity index (χ4n) is 1.62. The molecule has 2 rings (SSSR count). The third-order valence-electron chi connectivity index (χ3n) is 2.57. The number of aromatic hydroxyl groups is 1. The molecule has 0 aliphatic carbocycles. The average Bonchev–Trinajstić information content (AvgIpc) is 2.32. The van der Waals surface area contributed by atoms with Crippen molar-refractivity contribution in [1.82, 2.24) is 0 Å². The van der Waals surface area contributed by atoms with Gasteiger partial charge in [-0.15, -0.1) is 0 Å². The minimum Gasteiger partial charge on any atom is -0.507 e. The smallest absolute Gasteiger partial charge is 0.196 e. The van der Waals surface area contributed by atoms with Gasteiger partial charge in [-0.1, -0.05) is 11.6 Å². The van der Waals surface area contributed by atoms with Crippen molar-refractivity contribution < 1.29 is 9.90 Å². The van der Waals surface area contributed by atoms with Crippen LogP contribution in [0.1, 0.15) is 21.5 Å². The molecule has 86 valence electrons. The van der Waals surface area contributed by atoms with Crippen LogP contribution in [0.4, 0.5) is 5.69 Å². The highest BCUT2D eigenvalue weighted by Crippen LogP contribution is 2.22. The maximum atomic E-state index is 12.1. The van der Waals surface area contributed by atoms with E-state index < -0.39 is 0 Å². The first-order chi connectivity index (χ1) is 8.08. The lowest BCUT2D eigenvalue weighted by Crippen LogP contribution is -2.02. The maximum Gasteiger partial charge on any atom is 0.196 e. The fourth-order valence-corrected chi connectivity index (χ4v) is 1.62. The molecule has 0 spiro atoms. The van der Waals surface area contributed by atoms with Crippen molar-refractivity contribution in [2.45, 2.75) is 6.92 Å². The Morgan fingerprint density at radius 1 is 1.12 bits per heavy atom. The van der Waals surface area contributed by atoms with E-state index in [2.05, 4.69) is 0 Å². The van der Waals surface area contributed by atoms with E-state index in [9.17, 15) is 9.90 Å². The van der Waals surface area contributed by atoms with Crippen molar-refractivity contribution in [3.05, 3.63) is 59.2 Å². The summed E-state index contributed by atoms with van der Waals surface area (Å²) >= 11 is 0. The number of anilines is 1. The van der Waals surface area contributed by atoms with Crippen molar-refractivity contribution in [3.8, 4) is 5.75 Å². The zero-order chi connectivity index (χ0) is 12.4. The second-order valence-corrected chi connectivity index (χ2v) is 3.97. The van der Waals surface area contributed by atoms with Crippen LogP contribution in [0.3, 0.4) is 0 Å². The molecule has 3 nitrogen and oxygen atoms in total. The van der Waals surface area contributed by atoms with Crippen LogP contribution in [0, 0.1) is 6.92 Å². The number of hydrogen-bond acceptors (Lipinski definition) is 3. The molecule has 3 heteroatoms. The number of rotatable bonds is 2. The molecule has 17 heavy (non-hydrogen) atoms. The number of aryl methyl sites for hydroxylation is 1. The third kappa shape index (κ3) is 2.28. The molecular weight excluding hydrogens is 214 g/mol. The van der Waals surface area contributed by atoms with E-state index in [1.54, 1.807) is 36.4 Å². The van der Waals surface area contributed by atoms with E-state index in [-0.39, 0.29) is 11.5 Å². The molecule has 0 amide bonds. The summed E-state index contributed by atoms with van der Waals surface area (Å²) < 4.78 is 0. The van der Waals surface area contributed by atoms with E-state index in [0.29, 0.717) is 16.8 Å². The largest absolute Gasteiger partial charge is 0.507 e. The second kappa shape index (κ2) is 4.29. The average molecular weight is 227 g/mol. The Hall–Kier alpha value is -2.29. The quantitative estimate of drug-likeness (QED) is 0.612. The van der Waals surface area contributed by atoms with Crippen molar-refractivity contribution in [2.75, 3.05) is 5.73 Å². The molecule has 0 aliphatic rings. The van der Waals surface area contributed by atoms with Gasteiger partial charge < -0.3 is 10.8 Å². The van der Waals surface area contributed by atoms with Crippen LogP contribution in [0.2, 0.25) is 0 Å². The highest BCUT2D eigenvalue weighted by atomic mass is 16.3. The Bertz CT molecular complexity index is 559. The zero-order valence-corrected chi connectivity index (χ0v) is 9.47. The molecule has 2 aromatic carbocycles. The van der Waals surface area contributed by atoms with Crippen molar-refractivity contribution in [3.63, 3.8) is 0 Å². The first-order valence-corrected chi connectivity index (χ1v) is 5.28. The molecular formula is C14H13NO2. The van der Waals surface area contributed by atoms with Gasteiger partial charge in [0.15, 0.2) is 5.78 Å². The van der Waals surface area contributed by atoms with Gasteiger partial charge in [0.25, 0.3) is 0 Å². The summed E-state index contributed by atoms with van der Waals surface area (Å²) in [7, 11) is 0. The van der Waals surface area contributed by atoms with E-state index in [4.69, 9.17) is 5.73 Å². The molecule has 0 saturated carbocycles. The Morgan fingerprint density at radius 2 is 1.76 bits per heavy atom. The third-order valence-corrected chi connectivity index (χ3v) is 2.57. The Kier molecular flexibility index (Phi) is 2.83. The van der Waals surface area contributed by atoms with Gasteiger partial charge in [-0.3, -0.25) is 4.79 Å². The standard InChI is InChI=1S/C14H13NO2/c1-9-2-7-13(16)12(8-9)14(17)10-3-5-11(15)6-4-10/h2-8,16H,15H2,1H3. The van der Waals surface area contributed by atoms with Crippen molar-refractivity contribution in [1.29, 1.82) is 0 Å². The Morgan fingerprint density at radius 3 is 2.41 bits per heavy atom. The van der Waals surface area contributed by atoms with E-state index in [1.807, 2.05) is 6.92 Å². The second-order valence-electron chi connectivity index (χ2n) is 3.97. The number of phenolic OH excluding ortho intramolecular Hbond substituents is 1. The van der Waals surface area contributed by atoms with E-state index in [1.165, 1.54) is 6.07 Å². The normalized spacial score (nSPS) is 10.2. The lowest BCUT2D eigenvalue weighted by molar-refractivity contribution is 0.103. The summed E-state index contributed by atoms with van der Waals surface area (Å²) in [5.74, 6) is -0.205. The fraction of sp³-hybridized carbons (Fsp3) is 0.0714. The van der Waals surface area contributed by atoms with Crippen molar-refractivity contribution >= 4 is 11.5 Å². The van der Waals surface area contributed by atoms with Gasteiger partial charge in [0, 0.05) is 11.3 Å². The molecule has 0 aromatic heterocycles. The SMILES string of the molecule is Cc1ccc(O)c(C(=O)c2ccc(N)cc2)c1. The van der Waals surface area contributed by atoms with Gasteiger partial charge in [0.2, 0.25) is 0 Å². The summed E-state index contributed by atoms with van der Waals surface area (Å²) in [6.07, 6.45) is 0. The summed E-state index contributed by atoms with van der Waals surface area (Å²) in [5, 5.41) is 9.68. The molecule has 0 aliphatic heterocycles. The van der Waals surface area contributed by atoms with Gasteiger partial charge >= 0.3 is 0 Å². The van der Waals surface area contributed by atoms with Crippen LogP contribution < -0.4 is 5.73 Å². The zero-order valence-electron chi connectivity index (χ0n) is 9.47. The number of nitrogens with two attached hydrogens (primary N) is 1. The van der Waals surface area contributed by atoms with Gasteiger partial charge in [0.1, 0.15) is 5.75 Å². The van der Waals surface area contributed by atoms with Crippen molar-refractivity contribution in [2.24, 2.45) is 0 Å². The molecule has 3 N–H and O–H groups in total. The number of carbonyl (C=O) groups excluding carboxylic acids is 1. The molecule has 0 bridgehead atoms.